The molecule has 0 bridgehead atoms. The van der Waals surface area contributed by atoms with Gasteiger partial charge in [-0.05, 0) is 21.8 Å². The number of ether oxygens (including phenoxy) is 1. The van der Waals surface area contributed by atoms with Gasteiger partial charge < -0.3 is 4.74 Å². The first kappa shape index (κ1) is 18.7. The summed E-state index contributed by atoms with van der Waals surface area (Å²) in [7, 11) is -2.43. The average molecular weight is 365 g/mol. The highest BCUT2D eigenvalue weighted by molar-refractivity contribution is 7.05. The number of cyclic esters (lactones) is 1. The van der Waals surface area contributed by atoms with Crippen molar-refractivity contribution < 1.29 is 9.53 Å². The molecule has 2 aromatic rings. The minimum Gasteiger partial charge on any atom is -0.462 e. The second-order valence-corrected chi connectivity index (χ2v) is 13.0. The average Bonchev–Trinajstić information content (AvgIpc) is 2.62. The normalized spacial score (nSPS) is 18.2. The lowest BCUT2D eigenvalue weighted by Gasteiger charge is -2.49. The van der Waals surface area contributed by atoms with E-state index in [-0.39, 0.29) is 16.7 Å². The van der Waals surface area contributed by atoms with Crippen LogP contribution in [0.2, 0.25) is 5.04 Å². The van der Waals surface area contributed by atoms with E-state index in [1.54, 1.807) is 6.08 Å². The molecule has 3 heteroatoms. The van der Waals surface area contributed by atoms with Gasteiger partial charge in [0, 0.05) is 12.5 Å². The van der Waals surface area contributed by atoms with Crippen molar-refractivity contribution >= 4 is 24.4 Å². The molecule has 0 fully saturated rings. The number of carbonyl (C=O) groups is 1. The summed E-state index contributed by atoms with van der Waals surface area (Å²) >= 11 is 0. The fraction of sp³-hybridized carbons (Fsp3) is 0.348. The second-order valence-electron chi connectivity index (χ2n) is 8.08. The van der Waals surface area contributed by atoms with Gasteiger partial charge in [-0.25, -0.2) is 4.79 Å². The summed E-state index contributed by atoms with van der Waals surface area (Å²) in [6, 6.07) is 21.4. The molecule has 26 heavy (non-hydrogen) atoms. The van der Waals surface area contributed by atoms with E-state index in [0.29, 0.717) is 0 Å². The lowest BCUT2D eigenvalue weighted by atomic mass is 10.1. The summed E-state index contributed by atoms with van der Waals surface area (Å²) in [5, 5.41) is 2.64. The number of esters is 1. The Balaban J connectivity index is 2.28. The van der Waals surface area contributed by atoms with Crippen molar-refractivity contribution in [3.05, 3.63) is 72.3 Å². The van der Waals surface area contributed by atoms with Crippen molar-refractivity contribution in [1.29, 1.82) is 0 Å². The molecule has 2 nitrogen and oxygen atoms in total. The molecule has 0 saturated carbocycles. The predicted octanol–water partition coefficient (Wildman–Crippen LogP) is 4.24. The van der Waals surface area contributed by atoms with E-state index in [4.69, 9.17) is 4.74 Å². The molecule has 0 amide bonds. The van der Waals surface area contributed by atoms with Gasteiger partial charge in [0.1, 0.15) is 5.73 Å². The number of benzene rings is 2. The third-order valence-corrected chi connectivity index (χ3v) is 11.7. The van der Waals surface area contributed by atoms with Crippen LogP contribution in [0.1, 0.15) is 40.5 Å². The Labute approximate surface area is 157 Å². The monoisotopic (exact) mass is 364 g/mol. The van der Waals surface area contributed by atoms with Crippen molar-refractivity contribution in [3.63, 3.8) is 0 Å². The quantitative estimate of drug-likeness (QED) is 0.599. The molecule has 0 spiro atoms. The summed E-state index contributed by atoms with van der Waals surface area (Å²) < 4.78 is 6.07. The smallest absolute Gasteiger partial charge is 0.330 e. The fourth-order valence-corrected chi connectivity index (χ4v) is 10.5. The Morgan fingerprint density at radius 1 is 0.962 bits per heavy atom. The van der Waals surface area contributed by atoms with Crippen LogP contribution < -0.4 is 10.4 Å². The zero-order valence-electron chi connectivity index (χ0n) is 16.2. The number of hydrogen-bond acceptors (Lipinski definition) is 2. The summed E-state index contributed by atoms with van der Waals surface area (Å²) in [6.45, 7) is 9.03. The van der Waals surface area contributed by atoms with Gasteiger partial charge in [-0.3, -0.25) is 0 Å². The maximum atomic E-state index is 12.4. The first-order valence-corrected chi connectivity index (χ1v) is 11.5. The fourth-order valence-electron chi connectivity index (χ4n) is 4.46. The molecule has 0 N–H and O–H groups in total. The van der Waals surface area contributed by atoms with Gasteiger partial charge in [0.2, 0.25) is 0 Å². The molecular weight excluding hydrogens is 336 g/mol. The lowest BCUT2D eigenvalue weighted by molar-refractivity contribution is -0.141. The highest BCUT2D eigenvalue weighted by Gasteiger charge is 2.55. The van der Waals surface area contributed by atoms with Crippen molar-refractivity contribution in [3.8, 4) is 0 Å². The van der Waals surface area contributed by atoms with Crippen LogP contribution in [0, 0.1) is 0 Å². The Morgan fingerprint density at radius 3 is 1.88 bits per heavy atom. The van der Waals surface area contributed by atoms with Crippen LogP contribution >= 0.6 is 0 Å². The van der Waals surface area contributed by atoms with Crippen LogP contribution in [0.4, 0.5) is 0 Å². The summed E-state index contributed by atoms with van der Waals surface area (Å²) in [4.78, 5) is 12.4. The maximum absolute atomic E-state index is 12.4. The topological polar surface area (TPSA) is 26.3 Å². The van der Waals surface area contributed by atoms with Crippen LogP contribution in [0.25, 0.3) is 0 Å². The molecule has 136 valence electrons. The largest absolute Gasteiger partial charge is 0.462 e. The molecule has 0 saturated heterocycles. The molecule has 0 radical (unpaired) electrons. The van der Waals surface area contributed by atoms with Crippen LogP contribution in [0.15, 0.2) is 72.3 Å². The van der Waals surface area contributed by atoms with Gasteiger partial charge in [0.15, 0.2) is 8.07 Å². The van der Waals surface area contributed by atoms with Gasteiger partial charge >= 0.3 is 5.97 Å². The minimum absolute atomic E-state index is 0.0170. The molecule has 1 unspecified atom stereocenters. The molecule has 0 aromatic heterocycles. The highest BCUT2D eigenvalue weighted by atomic mass is 28.3. The summed E-state index contributed by atoms with van der Waals surface area (Å²) in [6.07, 6.45) is 3.41. The molecule has 2 aromatic carbocycles. The molecule has 1 aliphatic heterocycles. The highest BCUT2D eigenvalue weighted by Crippen LogP contribution is 2.42. The van der Waals surface area contributed by atoms with E-state index in [0.717, 1.165) is 12.8 Å². The predicted molar refractivity (Wildman–Crippen MR) is 110 cm³/mol. The first-order valence-electron chi connectivity index (χ1n) is 9.40. The zero-order valence-corrected chi connectivity index (χ0v) is 17.2. The zero-order chi connectivity index (χ0) is 18.8. The molecular formula is C23H28O2Si. The minimum atomic E-state index is -2.43. The summed E-state index contributed by atoms with van der Waals surface area (Å²) in [5.41, 5.74) is 1.10. The van der Waals surface area contributed by atoms with Crippen LogP contribution in [-0.2, 0) is 9.53 Å². The van der Waals surface area contributed by atoms with Crippen molar-refractivity contribution in [2.24, 2.45) is 0 Å². The van der Waals surface area contributed by atoms with E-state index in [1.165, 1.54) is 15.9 Å². The second kappa shape index (κ2) is 7.24. The van der Waals surface area contributed by atoms with Gasteiger partial charge in [0.25, 0.3) is 0 Å². The Hall–Kier alpha value is -2.13. The van der Waals surface area contributed by atoms with Crippen molar-refractivity contribution in [2.45, 2.75) is 51.3 Å². The Morgan fingerprint density at radius 2 is 1.46 bits per heavy atom. The van der Waals surface area contributed by atoms with Crippen molar-refractivity contribution in [2.75, 3.05) is 0 Å². The van der Waals surface area contributed by atoms with Crippen LogP contribution in [0.5, 0.6) is 0 Å². The van der Waals surface area contributed by atoms with E-state index >= 15 is 0 Å². The van der Waals surface area contributed by atoms with E-state index in [2.05, 4.69) is 88.4 Å². The molecule has 1 heterocycles. The molecule has 1 atom stereocenters. The lowest BCUT2D eigenvalue weighted by Crippen LogP contribution is -2.72. The standard InChI is InChI=1S/C23H28O2Si/c1-5-18-16-21(24)25-22(17-18)26(23(2,3)4,19-12-8-6-9-13-19)20-14-10-7-11-15-20/h6-16,22H,5,17H2,1-4H3. The molecule has 1 aliphatic rings. The Kier molecular flexibility index (Phi) is 5.19. The molecule has 3 rings (SSSR count). The van der Waals surface area contributed by atoms with Gasteiger partial charge in [-0.1, -0.05) is 93.9 Å². The van der Waals surface area contributed by atoms with Crippen molar-refractivity contribution in [1.82, 2.24) is 0 Å². The number of hydrogen-bond donors (Lipinski definition) is 0. The first-order chi connectivity index (χ1) is 12.4. The Bertz CT molecular complexity index is 748. The maximum Gasteiger partial charge on any atom is 0.330 e. The van der Waals surface area contributed by atoms with Gasteiger partial charge in [-0.2, -0.15) is 0 Å². The van der Waals surface area contributed by atoms with E-state index < -0.39 is 8.07 Å². The number of carbonyl (C=O) groups excluding carboxylic acids is 1. The molecule has 0 aliphatic carbocycles. The van der Waals surface area contributed by atoms with E-state index in [1.807, 2.05) is 0 Å². The summed E-state index contributed by atoms with van der Waals surface area (Å²) in [5.74, 6) is -0.189. The van der Waals surface area contributed by atoms with Crippen LogP contribution in [0.3, 0.4) is 0 Å². The third kappa shape index (κ3) is 3.16. The SMILES string of the molecule is CCC1=CC(=O)OC([Si](c2ccccc2)(c2ccccc2)C(C)(C)C)C1. The van der Waals surface area contributed by atoms with Gasteiger partial charge in [-0.15, -0.1) is 0 Å². The van der Waals surface area contributed by atoms with Gasteiger partial charge in [0.05, 0.1) is 0 Å². The number of rotatable bonds is 4. The van der Waals surface area contributed by atoms with E-state index in [9.17, 15) is 4.79 Å². The van der Waals surface area contributed by atoms with Crippen LogP contribution in [-0.4, -0.2) is 19.8 Å². The third-order valence-electron chi connectivity index (χ3n) is 5.61.